The third-order valence-corrected chi connectivity index (χ3v) is 4.58. The molecule has 0 saturated carbocycles. The highest BCUT2D eigenvalue weighted by atomic mass is 35.5. The molecule has 3 aromatic rings. The number of ether oxygens (including phenoxy) is 1. The Hall–Kier alpha value is -2.50. The Labute approximate surface area is 150 Å². The van der Waals surface area contributed by atoms with E-state index in [-0.39, 0.29) is 12.0 Å². The molecule has 4 rings (SSSR count). The molecular weight excluding hydrogens is 338 g/mol. The van der Waals surface area contributed by atoms with Crippen LogP contribution in [0.1, 0.15) is 22.0 Å². The quantitative estimate of drug-likeness (QED) is 0.707. The second-order valence-electron chi connectivity index (χ2n) is 5.89. The normalized spacial score (nSPS) is 17.6. The van der Waals surface area contributed by atoms with Crippen molar-refractivity contribution in [1.29, 1.82) is 0 Å². The van der Waals surface area contributed by atoms with Crippen LogP contribution in [0.5, 0.6) is 0 Å². The maximum atomic E-state index is 13.0. The van der Waals surface area contributed by atoms with Crippen molar-refractivity contribution in [2.45, 2.75) is 6.10 Å². The van der Waals surface area contributed by atoms with E-state index in [4.69, 9.17) is 16.3 Å². The molecule has 0 N–H and O–H groups in total. The van der Waals surface area contributed by atoms with Gasteiger partial charge in [-0.05, 0) is 29.8 Å². The summed E-state index contributed by atoms with van der Waals surface area (Å²) >= 11 is 5.95. The van der Waals surface area contributed by atoms with Gasteiger partial charge in [-0.15, -0.1) is 0 Å². The van der Waals surface area contributed by atoms with Gasteiger partial charge < -0.3 is 9.64 Å². The van der Waals surface area contributed by atoms with Gasteiger partial charge >= 0.3 is 0 Å². The molecule has 0 radical (unpaired) electrons. The van der Waals surface area contributed by atoms with E-state index in [1.807, 2.05) is 41.3 Å². The van der Waals surface area contributed by atoms with Crippen LogP contribution in [0.4, 0.5) is 0 Å². The number of fused-ring (bicyclic) bond motifs is 1. The first kappa shape index (κ1) is 16.0. The smallest absolute Gasteiger partial charge is 0.256 e. The van der Waals surface area contributed by atoms with Gasteiger partial charge in [-0.2, -0.15) is 0 Å². The van der Waals surface area contributed by atoms with Crippen molar-refractivity contribution in [3.05, 3.63) is 71.0 Å². The van der Waals surface area contributed by atoms with Gasteiger partial charge in [0.2, 0.25) is 0 Å². The zero-order valence-electron chi connectivity index (χ0n) is 13.4. The maximum Gasteiger partial charge on any atom is 0.256 e. The van der Waals surface area contributed by atoms with Crippen LogP contribution in [-0.4, -0.2) is 40.5 Å². The molecule has 1 aliphatic rings. The summed E-state index contributed by atoms with van der Waals surface area (Å²) in [7, 11) is 0. The fourth-order valence-corrected chi connectivity index (χ4v) is 3.17. The minimum absolute atomic E-state index is 0.0478. The molecule has 1 aliphatic heterocycles. The Bertz CT molecular complexity index is 909. The van der Waals surface area contributed by atoms with Gasteiger partial charge in [0, 0.05) is 24.0 Å². The van der Waals surface area contributed by atoms with Gasteiger partial charge in [0.05, 0.1) is 24.2 Å². The highest BCUT2D eigenvalue weighted by Gasteiger charge is 2.27. The molecule has 1 atom stereocenters. The predicted molar refractivity (Wildman–Crippen MR) is 95.6 cm³/mol. The summed E-state index contributed by atoms with van der Waals surface area (Å²) in [4.78, 5) is 23.4. The second kappa shape index (κ2) is 6.78. The van der Waals surface area contributed by atoms with Crippen molar-refractivity contribution in [1.82, 2.24) is 14.9 Å². The largest absolute Gasteiger partial charge is 0.370 e. The number of nitrogens with zero attached hydrogens (tertiary/aromatic N) is 3. The lowest BCUT2D eigenvalue weighted by Gasteiger charge is -2.33. The zero-order valence-corrected chi connectivity index (χ0v) is 14.2. The van der Waals surface area contributed by atoms with Crippen LogP contribution in [0.3, 0.4) is 0 Å². The fourth-order valence-electron chi connectivity index (χ4n) is 3.05. The maximum absolute atomic E-state index is 13.0. The van der Waals surface area contributed by atoms with Crippen molar-refractivity contribution >= 4 is 28.5 Å². The number of aromatic nitrogens is 2. The number of hydrogen-bond donors (Lipinski definition) is 0. The molecule has 25 heavy (non-hydrogen) atoms. The van der Waals surface area contributed by atoms with E-state index in [0.29, 0.717) is 35.8 Å². The van der Waals surface area contributed by atoms with Crippen LogP contribution < -0.4 is 0 Å². The molecule has 1 fully saturated rings. The summed E-state index contributed by atoms with van der Waals surface area (Å²) < 4.78 is 5.84. The molecule has 5 nitrogen and oxygen atoms in total. The van der Waals surface area contributed by atoms with E-state index in [1.54, 1.807) is 18.5 Å². The second-order valence-corrected chi connectivity index (χ2v) is 6.33. The Morgan fingerprint density at radius 2 is 1.92 bits per heavy atom. The molecule has 1 aromatic heterocycles. The molecule has 6 heteroatoms. The SMILES string of the molecule is O=C(c1cccc2nccnc12)N1CCO[C@@H](c2ccc(Cl)cc2)C1. The predicted octanol–water partition coefficient (Wildman–Crippen LogP) is 3.50. The van der Waals surface area contributed by atoms with Crippen molar-refractivity contribution in [3.8, 4) is 0 Å². The van der Waals surface area contributed by atoms with Crippen molar-refractivity contribution in [2.75, 3.05) is 19.7 Å². The first-order valence-electron chi connectivity index (χ1n) is 8.08. The van der Waals surface area contributed by atoms with E-state index in [0.717, 1.165) is 11.1 Å². The number of carbonyl (C=O) groups excluding carboxylic acids is 1. The topological polar surface area (TPSA) is 55.3 Å². The lowest BCUT2D eigenvalue weighted by molar-refractivity contribution is -0.0227. The van der Waals surface area contributed by atoms with E-state index >= 15 is 0 Å². The minimum Gasteiger partial charge on any atom is -0.370 e. The van der Waals surface area contributed by atoms with Gasteiger partial charge in [0.15, 0.2) is 0 Å². The van der Waals surface area contributed by atoms with Crippen LogP contribution in [0.15, 0.2) is 54.9 Å². The van der Waals surface area contributed by atoms with Crippen LogP contribution in [0.25, 0.3) is 11.0 Å². The summed E-state index contributed by atoms with van der Waals surface area (Å²) in [5.41, 5.74) is 2.93. The summed E-state index contributed by atoms with van der Waals surface area (Å²) in [5.74, 6) is -0.0478. The highest BCUT2D eigenvalue weighted by Crippen LogP contribution is 2.25. The average Bonchev–Trinajstić information content (AvgIpc) is 2.68. The Morgan fingerprint density at radius 3 is 2.76 bits per heavy atom. The van der Waals surface area contributed by atoms with Crippen LogP contribution in [0.2, 0.25) is 5.02 Å². The van der Waals surface area contributed by atoms with Crippen LogP contribution >= 0.6 is 11.6 Å². The molecule has 126 valence electrons. The third-order valence-electron chi connectivity index (χ3n) is 4.32. The van der Waals surface area contributed by atoms with Crippen molar-refractivity contribution in [2.24, 2.45) is 0 Å². The molecule has 0 spiro atoms. The fraction of sp³-hybridized carbons (Fsp3) is 0.211. The molecule has 0 bridgehead atoms. The molecule has 2 heterocycles. The standard InChI is InChI=1S/C19H16ClN3O2/c20-14-6-4-13(5-7-14)17-12-23(10-11-25-17)19(24)15-2-1-3-16-18(15)22-9-8-21-16/h1-9,17H,10-12H2/t17-/m1/s1. The number of amides is 1. The lowest BCUT2D eigenvalue weighted by atomic mass is 10.1. The first-order chi connectivity index (χ1) is 12.2. The van der Waals surface area contributed by atoms with Crippen molar-refractivity contribution in [3.63, 3.8) is 0 Å². The minimum atomic E-state index is -0.156. The summed E-state index contributed by atoms with van der Waals surface area (Å²) in [5, 5.41) is 0.682. The van der Waals surface area contributed by atoms with Crippen molar-refractivity contribution < 1.29 is 9.53 Å². The molecule has 0 unspecified atom stereocenters. The zero-order chi connectivity index (χ0) is 17.2. The van der Waals surface area contributed by atoms with Gasteiger partial charge in [-0.1, -0.05) is 29.8 Å². The number of rotatable bonds is 2. The summed E-state index contributed by atoms with van der Waals surface area (Å²) in [6, 6.07) is 13.0. The number of carbonyl (C=O) groups is 1. The highest BCUT2D eigenvalue weighted by molar-refractivity contribution is 6.30. The van der Waals surface area contributed by atoms with E-state index in [1.165, 1.54) is 0 Å². The van der Waals surface area contributed by atoms with Crippen LogP contribution in [0, 0.1) is 0 Å². The van der Waals surface area contributed by atoms with Crippen LogP contribution in [-0.2, 0) is 4.74 Å². The van der Waals surface area contributed by atoms with E-state index in [2.05, 4.69) is 9.97 Å². The van der Waals surface area contributed by atoms with Gasteiger partial charge in [0.25, 0.3) is 5.91 Å². The number of halogens is 1. The molecular formula is C19H16ClN3O2. The van der Waals surface area contributed by atoms with Gasteiger partial charge in [0.1, 0.15) is 11.6 Å². The number of benzene rings is 2. The first-order valence-corrected chi connectivity index (χ1v) is 8.46. The molecule has 0 aliphatic carbocycles. The third kappa shape index (κ3) is 3.21. The van der Waals surface area contributed by atoms with E-state index < -0.39 is 0 Å². The molecule has 1 saturated heterocycles. The summed E-state index contributed by atoms with van der Waals surface area (Å²) in [6.07, 6.45) is 3.08. The molecule has 1 amide bonds. The lowest BCUT2D eigenvalue weighted by Crippen LogP contribution is -2.42. The van der Waals surface area contributed by atoms with Gasteiger partial charge in [-0.3, -0.25) is 14.8 Å². The number of morpholine rings is 1. The Balaban J connectivity index is 1.60. The number of hydrogen-bond acceptors (Lipinski definition) is 4. The van der Waals surface area contributed by atoms with E-state index in [9.17, 15) is 4.79 Å². The monoisotopic (exact) mass is 353 g/mol. The van der Waals surface area contributed by atoms with Gasteiger partial charge in [-0.25, -0.2) is 0 Å². The average molecular weight is 354 g/mol. The number of para-hydroxylation sites is 1. The molecule has 2 aromatic carbocycles. The Morgan fingerprint density at radius 1 is 1.12 bits per heavy atom. The Kier molecular flexibility index (Phi) is 4.34. The summed E-state index contributed by atoms with van der Waals surface area (Å²) in [6.45, 7) is 1.55.